The van der Waals surface area contributed by atoms with Crippen LogP contribution in [-0.4, -0.2) is 24.2 Å². The number of anilines is 1. The minimum Gasteiger partial charge on any atom is -0.497 e. The Morgan fingerprint density at radius 1 is 1.06 bits per heavy atom. The van der Waals surface area contributed by atoms with Gasteiger partial charge in [-0.3, -0.25) is 0 Å². The fourth-order valence-corrected chi connectivity index (χ4v) is 2.15. The summed E-state index contributed by atoms with van der Waals surface area (Å²) < 4.78 is 10.1. The summed E-state index contributed by atoms with van der Waals surface area (Å²) in [5.74, 6) is 1.48. The van der Waals surface area contributed by atoms with Crippen LogP contribution in [0.1, 0.15) is 0 Å². The van der Waals surface area contributed by atoms with Crippen molar-refractivity contribution in [3.63, 3.8) is 0 Å². The fourth-order valence-electron chi connectivity index (χ4n) is 1.34. The molecule has 1 aromatic heterocycles. The lowest BCUT2D eigenvalue weighted by Crippen LogP contribution is -1.98. The number of methoxy groups -OCH3 is 2. The van der Waals surface area contributed by atoms with Crippen molar-refractivity contribution in [1.29, 1.82) is 0 Å². The van der Waals surface area contributed by atoms with E-state index in [2.05, 4.69) is 9.97 Å². The summed E-state index contributed by atoms with van der Waals surface area (Å²) in [5, 5.41) is 0.740. The molecular formula is C12H13N3O2S. The Hall–Kier alpha value is -1.95. The molecule has 0 aliphatic rings. The normalized spacial score (nSPS) is 10.1. The topological polar surface area (TPSA) is 70.3 Å². The van der Waals surface area contributed by atoms with Crippen molar-refractivity contribution in [2.45, 2.75) is 9.92 Å². The van der Waals surface area contributed by atoms with Gasteiger partial charge < -0.3 is 15.2 Å². The molecule has 94 valence electrons. The summed E-state index contributed by atoms with van der Waals surface area (Å²) in [7, 11) is 3.18. The monoisotopic (exact) mass is 263 g/mol. The average molecular weight is 263 g/mol. The van der Waals surface area contributed by atoms with Gasteiger partial charge in [-0.15, -0.1) is 0 Å². The van der Waals surface area contributed by atoms with Crippen molar-refractivity contribution in [1.82, 2.24) is 9.97 Å². The smallest absolute Gasteiger partial charge is 0.224 e. The lowest BCUT2D eigenvalue weighted by atomic mass is 10.3. The lowest BCUT2D eigenvalue weighted by molar-refractivity contribution is 0.396. The predicted molar refractivity (Wildman–Crippen MR) is 70.1 cm³/mol. The molecule has 2 N–H and O–H groups in total. The molecule has 0 amide bonds. The van der Waals surface area contributed by atoms with Crippen LogP contribution in [0.4, 0.5) is 5.95 Å². The van der Waals surface area contributed by atoms with Gasteiger partial charge in [0.1, 0.15) is 10.8 Å². The third-order valence-corrected chi connectivity index (χ3v) is 3.11. The third kappa shape index (κ3) is 3.04. The summed E-state index contributed by atoms with van der Waals surface area (Å²) in [6, 6.07) is 9.43. The number of aromatic nitrogens is 2. The summed E-state index contributed by atoms with van der Waals surface area (Å²) in [6.07, 6.45) is 0. The second-order valence-corrected chi connectivity index (χ2v) is 4.48. The number of benzene rings is 1. The van der Waals surface area contributed by atoms with Crippen LogP contribution in [-0.2, 0) is 0 Å². The molecule has 6 heteroatoms. The van der Waals surface area contributed by atoms with Crippen molar-refractivity contribution >= 4 is 17.7 Å². The highest BCUT2D eigenvalue weighted by Gasteiger charge is 2.04. The Labute approximate surface area is 109 Å². The van der Waals surface area contributed by atoms with Gasteiger partial charge in [0.05, 0.1) is 14.2 Å². The Bertz CT molecular complexity index is 531. The molecule has 0 saturated carbocycles. The molecule has 0 atom stereocenters. The second kappa shape index (κ2) is 5.59. The van der Waals surface area contributed by atoms with Crippen molar-refractivity contribution in [2.24, 2.45) is 0 Å². The lowest BCUT2D eigenvalue weighted by Gasteiger charge is -2.05. The minimum absolute atomic E-state index is 0.199. The van der Waals surface area contributed by atoms with Crippen LogP contribution in [0, 0.1) is 0 Å². The van der Waals surface area contributed by atoms with Gasteiger partial charge in [-0.05, 0) is 24.3 Å². The molecule has 2 aromatic rings. The first kappa shape index (κ1) is 12.5. The van der Waals surface area contributed by atoms with Crippen LogP contribution < -0.4 is 15.2 Å². The van der Waals surface area contributed by atoms with E-state index in [4.69, 9.17) is 15.2 Å². The predicted octanol–water partition coefficient (Wildman–Crippen LogP) is 2.23. The van der Waals surface area contributed by atoms with Gasteiger partial charge in [-0.1, -0.05) is 11.8 Å². The zero-order valence-corrected chi connectivity index (χ0v) is 10.9. The highest BCUT2D eigenvalue weighted by Crippen LogP contribution is 2.29. The maximum absolute atomic E-state index is 5.60. The van der Waals surface area contributed by atoms with Gasteiger partial charge in [-0.25, -0.2) is 4.98 Å². The van der Waals surface area contributed by atoms with E-state index in [9.17, 15) is 0 Å². The number of nitrogens with two attached hydrogens (primary N) is 1. The molecule has 0 radical (unpaired) electrons. The Morgan fingerprint density at radius 2 is 1.78 bits per heavy atom. The summed E-state index contributed by atoms with van der Waals surface area (Å²) in [4.78, 5) is 9.11. The number of hydrogen-bond acceptors (Lipinski definition) is 6. The molecule has 18 heavy (non-hydrogen) atoms. The molecule has 0 spiro atoms. The summed E-state index contributed by atoms with van der Waals surface area (Å²) in [5.41, 5.74) is 5.60. The quantitative estimate of drug-likeness (QED) is 0.853. The first-order chi connectivity index (χ1) is 8.71. The maximum atomic E-state index is 5.60. The summed E-state index contributed by atoms with van der Waals surface area (Å²) in [6.45, 7) is 0. The van der Waals surface area contributed by atoms with E-state index in [-0.39, 0.29) is 5.95 Å². The van der Waals surface area contributed by atoms with Crippen LogP contribution in [0.3, 0.4) is 0 Å². The molecule has 0 fully saturated rings. The van der Waals surface area contributed by atoms with E-state index in [1.165, 1.54) is 11.8 Å². The zero-order chi connectivity index (χ0) is 13.0. The zero-order valence-electron chi connectivity index (χ0n) is 10.1. The largest absolute Gasteiger partial charge is 0.497 e. The molecule has 2 rings (SSSR count). The summed E-state index contributed by atoms with van der Waals surface area (Å²) >= 11 is 1.48. The van der Waals surface area contributed by atoms with E-state index in [0.717, 1.165) is 15.7 Å². The van der Waals surface area contributed by atoms with Gasteiger partial charge in [0, 0.05) is 11.0 Å². The highest BCUT2D eigenvalue weighted by molar-refractivity contribution is 7.99. The molecule has 5 nitrogen and oxygen atoms in total. The fraction of sp³-hybridized carbons (Fsp3) is 0.167. The molecule has 0 saturated heterocycles. The van der Waals surface area contributed by atoms with Crippen molar-refractivity contribution < 1.29 is 9.47 Å². The average Bonchev–Trinajstić information content (AvgIpc) is 2.39. The molecule has 0 unspecified atom stereocenters. The van der Waals surface area contributed by atoms with Crippen LogP contribution in [0.15, 0.2) is 40.3 Å². The first-order valence-electron chi connectivity index (χ1n) is 5.21. The Balaban J connectivity index is 2.19. The van der Waals surface area contributed by atoms with Gasteiger partial charge in [-0.2, -0.15) is 4.98 Å². The van der Waals surface area contributed by atoms with Gasteiger partial charge in [0.15, 0.2) is 0 Å². The van der Waals surface area contributed by atoms with E-state index in [1.807, 2.05) is 24.3 Å². The van der Waals surface area contributed by atoms with E-state index >= 15 is 0 Å². The van der Waals surface area contributed by atoms with E-state index < -0.39 is 0 Å². The SMILES string of the molecule is COc1ccc(Sc2cc(OC)nc(N)n2)cc1. The van der Waals surface area contributed by atoms with Crippen LogP contribution in [0.5, 0.6) is 11.6 Å². The van der Waals surface area contributed by atoms with Gasteiger partial charge in [0.25, 0.3) is 0 Å². The van der Waals surface area contributed by atoms with E-state index in [1.54, 1.807) is 20.3 Å². The van der Waals surface area contributed by atoms with Crippen LogP contribution in [0.25, 0.3) is 0 Å². The Kier molecular flexibility index (Phi) is 3.88. The van der Waals surface area contributed by atoms with Crippen LogP contribution in [0.2, 0.25) is 0 Å². The van der Waals surface area contributed by atoms with Crippen molar-refractivity contribution in [2.75, 3.05) is 20.0 Å². The number of rotatable bonds is 4. The van der Waals surface area contributed by atoms with Crippen molar-refractivity contribution in [3.8, 4) is 11.6 Å². The number of nitrogen functional groups attached to an aromatic ring is 1. The highest BCUT2D eigenvalue weighted by atomic mass is 32.2. The maximum Gasteiger partial charge on any atom is 0.224 e. The second-order valence-electron chi connectivity index (χ2n) is 3.38. The molecule has 0 aliphatic heterocycles. The molecule has 1 heterocycles. The van der Waals surface area contributed by atoms with Gasteiger partial charge in [0.2, 0.25) is 11.8 Å². The number of ether oxygens (including phenoxy) is 2. The van der Waals surface area contributed by atoms with Crippen LogP contribution >= 0.6 is 11.8 Å². The van der Waals surface area contributed by atoms with Gasteiger partial charge >= 0.3 is 0 Å². The first-order valence-corrected chi connectivity index (χ1v) is 6.03. The molecule has 0 aliphatic carbocycles. The molecule has 0 bridgehead atoms. The van der Waals surface area contributed by atoms with E-state index in [0.29, 0.717) is 5.88 Å². The number of hydrogen-bond donors (Lipinski definition) is 1. The molecular weight excluding hydrogens is 250 g/mol. The van der Waals surface area contributed by atoms with Crippen molar-refractivity contribution in [3.05, 3.63) is 30.3 Å². The Morgan fingerprint density at radius 3 is 2.39 bits per heavy atom. The standard InChI is InChI=1S/C12H13N3O2S/c1-16-8-3-5-9(6-4-8)18-11-7-10(17-2)14-12(13)15-11/h3-7H,1-2H3,(H2,13,14,15). The number of nitrogens with zero attached hydrogens (tertiary/aromatic N) is 2. The molecule has 1 aromatic carbocycles. The third-order valence-electron chi connectivity index (χ3n) is 2.19. The minimum atomic E-state index is 0.199.